The van der Waals surface area contributed by atoms with Crippen LogP contribution < -0.4 is 14.4 Å². The van der Waals surface area contributed by atoms with Crippen LogP contribution in [-0.2, 0) is 0 Å². The van der Waals surface area contributed by atoms with Crippen LogP contribution in [0.5, 0.6) is 11.5 Å². The highest BCUT2D eigenvalue weighted by atomic mass is 16.7. The van der Waals surface area contributed by atoms with Gasteiger partial charge in [0, 0.05) is 43.5 Å². The topological polar surface area (TPSA) is 85.6 Å². The fourth-order valence-electron chi connectivity index (χ4n) is 3.72. The summed E-state index contributed by atoms with van der Waals surface area (Å²) in [5.74, 6) is 2.94. The number of fused-ring (bicyclic) bond motifs is 1. The second-order valence-electron chi connectivity index (χ2n) is 7.37. The van der Waals surface area contributed by atoms with Crippen molar-refractivity contribution in [3.05, 3.63) is 53.9 Å². The predicted molar refractivity (Wildman–Crippen MR) is 109 cm³/mol. The van der Waals surface area contributed by atoms with Crippen molar-refractivity contribution in [3.8, 4) is 17.3 Å². The number of carbonyl (C=O) groups is 1. The molecule has 0 saturated carbocycles. The third kappa shape index (κ3) is 3.22. The van der Waals surface area contributed by atoms with Crippen LogP contribution in [0.2, 0.25) is 0 Å². The van der Waals surface area contributed by atoms with Crippen LogP contribution in [0.4, 0.5) is 5.82 Å². The van der Waals surface area contributed by atoms with Gasteiger partial charge in [0.05, 0.1) is 5.69 Å². The van der Waals surface area contributed by atoms with Crippen molar-refractivity contribution in [2.75, 3.05) is 37.9 Å². The standard InChI is InChI=1S/C21H22N6O3/c1-14-15(2)27(12-24-14)20-10-19(22-11-23-20)25-5-7-26(8-6-25)21(28)16-3-4-17-18(9-16)30-13-29-17/h3-4,9-12H,5-8,13H2,1-2H3. The molecule has 30 heavy (non-hydrogen) atoms. The van der Waals surface area contributed by atoms with Gasteiger partial charge in [0.15, 0.2) is 11.5 Å². The lowest BCUT2D eigenvalue weighted by atomic mass is 10.1. The van der Waals surface area contributed by atoms with Crippen LogP contribution in [-0.4, -0.2) is 63.3 Å². The Morgan fingerprint density at radius 2 is 1.70 bits per heavy atom. The lowest BCUT2D eigenvalue weighted by molar-refractivity contribution is 0.0746. The van der Waals surface area contributed by atoms with Gasteiger partial charge in [-0.2, -0.15) is 0 Å². The van der Waals surface area contributed by atoms with E-state index in [0.717, 1.165) is 23.0 Å². The van der Waals surface area contributed by atoms with Gasteiger partial charge in [-0.05, 0) is 32.0 Å². The molecule has 2 aliphatic rings. The number of carbonyl (C=O) groups excluding carboxylic acids is 1. The van der Waals surface area contributed by atoms with Crippen molar-refractivity contribution in [2.45, 2.75) is 13.8 Å². The third-order valence-corrected chi connectivity index (χ3v) is 5.65. The number of rotatable bonds is 3. The van der Waals surface area contributed by atoms with Gasteiger partial charge in [-0.1, -0.05) is 0 Å². The normalized spacial score (nSPS) is 15.5. The van der Waals surface area contributed by atoms with Gasteiger partial charge in [-0.3, -0.25) is 9.36 Å². The summed E-state index contributed by atoms with van der Waals surface area (Å²) in [4.78, 5) is 30.1. The first-order valence-corrected chi connectivity index (χ1v) is 9.87. The molecule has 0 bridgehead atoms. The molecule has 9 heteroatoms. The quantitative estimate of drug-likeness (QED) is 0.657. The van der Waals surface area contributed by atoms with Crippen LogP contribution in [0.1, 0.15) is 21.7 Å². The molecule has 4 heterocycles. The zero-order valence-electron chi connectivity index (χ0n) is 16.9. The van der Waals surface area contributed by atoms with Crippen LogP contribution in [0, 0.1) is 13.8 Å². The first-order valence-electron chi connectivity index (χ1n) is 9.87. The van der Waals surface area contributed by atoms with Gasteiger partial charge >= 0.3 is 0 Å². The summed E-state index contributed by atoms with van der Waals surface area (Å²) in [6.07, 6.45) is 3.35. The molecule has 1 saturated heterocycles. The molecule has 1 amide bonds. The van der Waals surface area contributed by atoms with E-state index in [-0.39, 0.29) is 12.7 Å². The summed E-state index contributed by atoms with van der Waals surface area (Å²) in [5.41, 5.74) is 2.65. The lowest BCUT2D eigenvalue weighted by Crippen LogP contribution is -2.49. The van der Waals surface area contributed by atoms with Gasteiger partial charge in [-0.25, -0.2) is 15.0 Å². The minimum Gasteiger partial charge on any atom is -0.454 e. The second-order valence-corrected chi connectivity index (χ2v) is 7.37. The minimum absolute atomic E-state index is 0.000780. The number of amides is 1. The summed E-state index contributed by atoms with van der Waals surface area (Å²) in [6, 6.07) is 7.29. The van der Waals surface area contributed by atoms with Gasteiger partial charge in [0.1, 0.15) is 24.3 Å². The number of piperazine rings is 1. The predicted octanol–water partition coefficient (Wildman–Crippen LogP) is 1.97. The Bertz CT molecular complexity index is 1100. The van der Waals surface area contributed by atoms with Crippen molar-refractivity contribution < 1.29 is 14.3 Å². The van der Waals surface area contributed by atoms with E-state index >= 15 is 0 Å². The molecular formula is C21H22N6O3. The number of ether oxygens (including phenoxy) is 2. The molecule has 1 aromatic carbocycles. The maximum absolute atomic E-state index is 12.9. The highest BCUT2D eigenvalue weighted by molar-refractivity contribution is 5.95. The average Bonchev–Trinajstić information content (AvgIpc) is 3.39. The number of aryl methyl sites for hydroxylation is 1. The Morgan fingerprint density at radius 1 is 0.933 bits per heavy atom. The summed E-state index contributed by atoms with van der Waals surface area (Å²) >= 11 is 0. The van der Waals surface area contributed by atoms with E-state index in [0.29, 0.717) is 43.2 Å². The summed E-state index contributed by atoms with van der Waals surface area (Å²) in [6.45, 7) is 6.84. The van der Waals surface area contributed by atoms with Crippen LogP contribution >= 0.6 is 0 Å². The van der Waals surface area contributed by atoms with Crippen LogP contribution in [0.15, 0.2) is 36.9 Å². The number of imidazole rings is 1. The molecule has 0 radical (unpaired) electrons. The first-order chi connectivity index (χ1) is 14.6. The van der Waals surface area contributed by atoms with E-state index in [4.69, 9.17) is 9.47 Å². The largest absolute Gasteiger partial charge is 0.454 e. The van der Waals surface area contributed by atoms with Crippen molar-refractivity contribution in [1.29, 1.82) is 0 Å². The summed E-state index contributed by atoms with van der Waals surface area (Å²) in [7, 11) is 0. The Kier molecular flexibility index (Phi) is 4.50. The van der Waals surface area contributed by atoms with E-state index in [9.17, 15) is 4.79 Å². The molecule has 0 N–H and O–H groups in total. The molecule has 0 unspecified atom stereocenters. The molecule has 154 valence electrons. The number of benzene rings is 1. The van der Waals surface area contributed by atoms with Gasteiger partial charge in [0.2, 0.25) is 6.79 Å². The smallest absolute Gasteiger partial charge is 0.254 e. The summed E-state index contributed by atoms with van der Waals surface area (Å²) < 4.78 is 12.7. The molecule has 5 rings (SSSR count). The van der Waals surface area contributed by atoms with Gasteiger partial charge in [0.25, 0.3) is 5.91 Å². The van der Waals surface area contributed by atoms with Crippen LogP contribution in [0.3, 0.4) is 0 Å². The molecule has 2 aliphatic heterocycles. The number of nitrogens with zero attached hydrogens (tertiary/aromatic N) is 6. The van der Waals surface area contributed by atoms with Gasteiger partial charge < -0.3 is 19.3 Å². The van der Waals surface area contributed by atoms with E-state index in [1.807, 2.05) is 29.4 Å². The minimum atomic E-state index is 0.000780. The number of hydrogen-bond donors (Lipinski definition) is 0. The molecule has 0 aliphatic carbocycles. The molecule has 0 atom stereocenters. The third-order valence-electron chi connectivity index (χ3n) is 5.65. The maximum Gasteiger partial charge on any atom is 0.254 e. The fraction of sp³-hybridized carbons (Fsp3) is 0.333. The van der Waals surface area contributed by atoms with Crippen molar-refractivity contribution in [3.63, 3.8) is 0 Å². The number of hydrogen-bond acceptors (Lipinski definition) is 7. The zero-order chi connectivity index (χ0) is 20.7. The highest BCUT2D eigenvalue weighted by Gasteiger charge is 2.25. The van der Waals surface area contributed by atoms with Crippen LogP contribution in [0.25, 0.3) is 5.82 Å². The average molecular weight is 406 g/mol. The Labute approximate surface area is 173 Å². The fourth-order valence-corrected chi connectivity index (χ4v) is 3.72. The number of aromatic nitrogens is 4. The van der Waals surface area contributed by atoms with E-state index in [1.165, 1.54) is 0 Å². The lowest BCUT2D eigenvalue weighted by Gasteiger charge is -2.35. The highest BCUT2D eigenvalue weighted by Crippen LogP contribution is 2.33. The monoisotopic (exact) mass is 406 g/mol. The first kappa shape index (κ1) is 18.4. The maximum atomic E-state index is 12.9. The zero-order valence-corrected chi connectivity index (χ0v) is 16.9. The number of anilines is 1. The SMILES string of the molecule is Cc1ncn(-c2cc(N3CCN(C(=O)c4ccc5c(c4)OCO5)CC3)ncn2)c1C. The van der Waals surface area contributed by atoms with Crippen molar-refractivity contribution in [1.82, 2.24) is 24.4 Å². The Morgan fingerprint density at radius 3 is 2.47 bits per heavy atom. The molecular weight excluding hydrogens is 384 g/mol. The molecule has 9 nitrogen and oxygen atoms in total. The van der Waals surface area contributed by atoms with E-state index in [1.54, 1.807) is 30.9 Å². The van der Waals surface area contributed by atoms with Gasteiger partial charge in [-0.15, -0.1) is 0 Å². The second kappa shape index (κ2) is 7.33. The Hall–Kier alpha value is -3.62. The van der Waals surface area contributed by atoms with Crippen molar-refractivity contribution >= 4 is 11.7 Å². The molecule has 1 fully saturated rings. The van der Waals surface area contributed by atoms with E-state index in [2.05, 4.69) is 19.9 Å². The molecule has 2 aromatic heterocycles. The summed E-state index contributed by atoms with van der Waals surface area (Å²) in [5, 5.41) is 0. The molecule has 0 spiro atoms. The Balaban J connectivity index is 1.28. The van der Waals surface area contributed by atoms with E-state index < -0.39 is 0 Å². The van der Waals surface area contributed by atoms with Crippen molar-refractivity contribution in [2.24, 2.45) is 0 Å². The molecule has 3 aromatic rings.